The minimum atomic E-state index is -0.142. The molecule has 0 fully saturated rings. The first-order chi connectivity index (χ1) is 8.06. The molecule has 4 nitrogen and oxygen atoms in total. The van der Waals surface area contributed by atoms with Crippen LogP contribution in [0.4, 0.5) is 5.69 Å². The average molecular weight is 229 g/mol. The van der Waals surface area contributed by atoms with Crippen LogP contribution in [0.3, 0.4) is 0 Å². The number of hydrogen-bond donors (Lipinski definition) is 1. The van der Waals surface area contributed by atoms with Gasteiger partial charge in [-0.05, 0) is 32.0 Å². The van der Waals surface area contributed by atoms with Gasteiger partial charge in [0.25, 0.3) is 5.91 Å². The number of carbonyl (C=O) groups is 1. The van der Waals surface area contributed by atoms with Crippen molar-refractivity contribution in [2.45, 2.75) is 13.8 Å². The number of amides is 1. The Morgan fingerprint density at radius 3 is 2.41 bits per heavy atom. The molecule has 2 aromatic rings. The van der Waals surface area contributed by atoms with E-state index < -0.39 is 0 Å². The number of carbonyl (C=O) groups excluding carboxylic acids is 1. The third-order valence-electron chi connectivity index (χ3n) is 2.54. The first kappa shape index (κ1) is 11.4. The molecule has 2 rings (SSSR count). The predicted octanol–water partition coefficient (Wildman–Crippen LogP) is 2.29. The Kier molecular flexibility index (Phi) is 2.95. The Labute approximate surface area is 100 Å². The molecule has 1 amide bonds. The quantitative estimate of drug-likeness (QED) is 0.858. The number of hydrogen-bond acceptors (Lipinski definition) is 2. The average Bonchev–Trinajstić information content (AvgIpc) is 2.61. The number of nitrogens with one attached hydrogen (secondary N) is 1. The van der Waals surface area contributed by atoms with Crippen molar-refractivity contribution in [3.05, 3.63) is 47.3 Å². The molecule has 0 aliphatic rings. The van der Waals surface area contributed by atoms with Crippen molar-refractivity contribution in [2.24, 2.45) is 7.05 Å². The number of aromatic nitrogens is 2. The van der Waals surface area contributed by atoms with E-state index in [1.165, 1.54) is 5.56 Å². The Morgan fingerprint density at radius 1 is 1.24 bits per heavy atom. The summed E-state index contributed by atoms with van der Waals surface area (Å²) in [7, 11) is 1.76. The van der Waals surface area contributed by atoms with E-state index in [9.17, 15) is 4.79 Å². The van der Waals surface area contributed by atoms with E-state index in [0.29, 0.717) is 5.69 Å². The van der Waals surface area contributed by atoms with Gasteiger partial charge >= 0.3 is 0 Å². The molecule has 0 spiro atoms. The van der Waals surface area contributed by atoms with Gasteiger partial charge in [0.15, 0.2) is 0 Å². The maximum Gasteiger partial charge on any atom is 0.273 e. The lowest BCUT2D eigenvalue weighted by atomic mass is 10.2. The normalized spacial score (nSPS) is 10.3. The Balaban J connectivity index is 2.17. The second kappa shape index (κ2) is 4.41. The first-order valence-corrected chi connectivity index (χ1v) is 5.45. The van der Waals surface area contributed by atoms with Crippen LogP contribution in [-0.4, -0.2) is 15.7 Å². The second-order valence-electron chi connectivity index (χ2n) is 4.11. The zero-order chi connectivity index (χ0) is 12.4. The highest BCUT2D eigenvalue weighted by Crippen LogP contribution is 2.11. The lowest BCUT2D eigenvalue weighted by Crippen LogP contribution is -2.15. The summed E-state index contributed by atoms with van der Waals surface area (Å²) in [5.41, 5.74) is 3.35. The standard InChI is InChI=1S/C13H15N3O/c1-9-4-6-11(7-5-9)14-13(17)12-8-10(2)15-16(12)3/h4-8H,1-3H3,(H,14,17). The fraction of sp³-hybridized carbons (Fsp3) is 0.231. The van der Waals surface area contributed by atoms with Crippen molar-refractivity contribution >= 4 is 11.6 Å². The van der Waals surface area contributed by atoms with Gasteiger partial charge in [0.2, 0.25) is 0 Å². The summed E-state index contributed by atoms with van der Waals surface area (Å²) in [6, 6.07) is 9.46. The molecule has 88 valence electrons. The third-order valence-corrected chi connectivity index (χ3v) is 2.54. The van der Waals surface area contributed by atoms with Crippen LogP contribution in [-0.2, 0) is 7.05 Å². The maximum absolute atomic E-state index is 12.0. The molecule has 0 unspecified atom stereocenters. The molecule has 0 bridgehead atoms. The Bertz CT molecular complexity index is 540. The Hall–Kier alpha value is -2.10. The van der Waals surface area contributed by atoms with Gasteiger partial charge < -0.3 is 5.32 Å². The fourth-order valence-corrected chi connectivity index (χ4v) is 1.66. The number of benzene rings is 1. The largest absolute Gasteiger partial charge is 0.321 e. The van der Waals surface area contributed by atoms with Gasteiger partial charge in [-0.25, -0.2) is 0 Å². The lowest BCUT2D eigenvalue weighted by molar-refractivity contribution is 0.101. The second-order valence-corrected chi connectivity index (χ2v) is 4.11. The van der Waals surface area contributed by atoms with Crippen molar-refractivity contribution in [2.75, 3.05) is 5.32 Å². The Morgan fingerprint density at radius 2 is 1.88 bits per heavy atom. The summed E-state index contributed by atoms with van der Waals surface area (Å²) in [5, 5.41) is 6.98. The molecule has 0 aliphatic carbocycles. The van der Waals surface area contributed by atoms with Gasteiger partial charge in [0.1, 0.15) is 5.69 Å². The topological polar surface area (TPSA) is 46.9 Å². The zero-order valence-electron chi connectivity index (χ0n) is 10.2. The van der Waals surface area contributed by atoms with Gasteiger partial charge in [-0.1, -0.05) is 17.7 Å². The number of rotatable bonds is 2. The minimum absolute atomic E-state index is 0.142. The molecule has 1 heterocycles. The smallest absolute Gasteiger partial charge is 0.273 e. The molecule has 0 atom stereocenters. The molecule has 0 saturated heterocycles. The molecular formula is C13H15N3O. The molecule has 1 aromatic carbocycles. The van der Waals surface area contributed by atoms with E-state index in [2.05, 4.69) is 10.4 Å². The van der Waals surface area contributed by atoms with Gasteiger partial charge in [-0.3, -0.25) is 9.48 Å². The van der Waals surface area contributed by atoms with Crippen LogP contribution in [0.5, 0.6) is 0 Å². The highest BCUT2D eigenvalue weighted by molar-refractivity contribution is 6.03. The van der Waals surface area contributed by atoms with Crippen LogP contribution < -0.4 is 5.32 Å². The van der Waals surface area contributed by atoms with Crippen LogP contribution >= 0.6 is 0 Å². The zero-order valence-corrected chi connectivity index (χ0v) is 10.2. The van der Waals surface area contributed by atoms with Crippen LogP contribution in [0.2, 0.25) is 0 Å². The molecular weight excluding hydrogens is 214 g/mol. The van der Waals surface area contributed by atoms with Crippen molar-refractivity contribution < 1.29 is 4.79 Å². The van der Waals surface area contributed by atoms with E-state index in [1.54, 1.807) is 17.8 Å². The summed E-state index contributed by atoms with van der Waals surface area (Å²) in [4.78, 5) is 12.0. The molecule has 0 aliphatic heterocycles. The van der Waals surface area contributed by atoms with Gasteiger partial charge in [0, 0.05) is 12.7 Å². The summed E-state index contributed by atoms with van der Waals surface area (Å²) in [5.74, 6) is -0.142. The van der Waals surface area contributed by atoms with Gasteiger partial charge in [-0.2, -0.15) is 5.10 Å². The van der Waals surface area contributed by atoms with E-state index in [-0.39, 0.29) is 5.91 Å². The third kappa shape index (κ3) is 2.53. The first-order valence-electron chi connectivity index (χ1n) is 5.45. The molecule has 1 N–H and O–H groups in total. The molecule has 0 saturated carbocycles. The van der Waals surface area contributed by atoms with E-state index in [0.717, 1.165) is 11.4 Å². The highest BCUT2D eigenvalue weighted by atomic mass is 16.2. The number of nitrogens with zero attached hydrogens (tertiary/aromatic N) is 2. The van der Waals surface area contributed by atoms with Crippen molar-refractivity contribution in [1.29, 1.82) is 0 Å². The van der Waals surface area contributed by atoms with Crippen molar-refractivity contribution in [3.8, 4) is 0 Å². The molecule has 17 heavy (non-hydrogen) atoms. The van der Waals surface area contributed by atoms with Gasteiger partial charge in [0.05, 0.1) is 5.69 Å². The monoisotopic (exact) mass is 229 g/mol. The van der Waals surface area contributed by atoms with Crippen LogP contribution in [0.15, 0.2) is 30.3 Å². The summed E-state index contributed by atoms with van der Waals surface area (Å²) in [6.07, 6.45) is 0. The van der Waals surface area contributed by atoms with E-state index >= 15 is 0 Å². The summed E-state index contributed by atoms with van der Waals surface area (Å²) in [6.45, 7) is 3.87. The summed E-state index contributed by atoms with van der Waals surface area (Å²) < 4.78 is 1.58. The predicted molar refractivity (Wildman–Crippen MR) is 67.1 cm³/mol. The SMILES string of the molecule is Cc1ccc(NC(=O)c2cc(C)nn2C)cc1. The summed E-state index contributed by atoms with van der Waals surface area (Å²) >= 11 is 0. The lowest BCUT2D eigenvalue weighted by Gasteiger charge is -2.05. The minimum Gasteiger partial charge on any atom is -0.321 e. The fourth-order valence-electron chi connectivity index (χ4n) is 1.66. The van der Waals surface area contributed by atoms with Crippen LogP contribution in [0, 0.1) is 13.8 Å². The van der Waals surface area contributed by atoms with Crippen molar-refractivity contribution in [1.82, 2.24) is 9.78 Å². The molecule has 4 heteroatoms. The molecule has 0 radical (unpaired) electrons. The van der Waals surface area contributed by atoms with Crippen molar-refractivity contribution in [3.63, 3.8) is 0 Å². The maximum atomic E-state index is 12.0. The van der Waals surface area contributed by atoms with E-state index in [1.807, 2.05) is 38.1 Å². The molecule has 1 aromatic heterocycles. The van der Waals surface area contributed by atoms with E-state index in [4.69, 9.17) is 0 Å². The number of aryl methyl sites for hydroxylation is 3. The highest BCUT2D eigenvalue weighted by Gasteiger charge is 2.11. The van der Waals surface area contributed by atoms with Crippen LogP contribution in [0.1, 0.15) is 21.7 Å². The van der Waals surface area contributed by atoms with Crippen LogP contribution in [0.25, 0.3) is 0 Å². The number of anilines is 1. The van der Waals surface area contributed by atoms with Gasteiger partial charge in [-0.15, -0.1) is 0 Å².